The van der Waals surface area contributed by atoms with Gasteiger partial charge >= 0.3 is 0 Å². The summed E-state index contributed by atoms with van der Waals surface area (Å²) in [6, 6.07) is 8.61. The maximum atomic E-state index is 6.29. The predicted octanol–water partition coefficient (Wildman–Crippen LogP) is 5.10. The molecule has 1 aromatic heterocycles. The van der Waals surface area contributed by atoms with Crippen LogP contribution in [0.5, 0.6) is 0 Å². The first kappa shape index (κ1) is 11.9. The average molecular weight is 253 g/mol. The summed E-state index contributed by atoms with van der Waals surface area (Å²) in [5, 5.41) is 3.97. The van der Waals surface area contributed by atoms with Crippen LogP contribution in [0, 0.1) is 5.92 Å². The molecular formula is C14H17ClS. The molecule has 2 unspecified atom stereocenters. The number of fused-ring (bicyclic) bond motifs is 1. The Morgan fingerprint density at radius 1 is 1.31 bits per heavy atom. The van der Waals surface area contributed by atoms with Crippen molar-refractivity contribution in [2.24, 2.45) is 5.92 Å². The van der Waals surface area contributed by atoms with E-state index in [1.54, 1.807) is 0 Å². The number of benzene rings is 1. The van der Waals surface area contributed by atoms with Gasteiger partial charge in [0.15, 0.2) is 0 Å². The van der Waals surface area contributed by atoms with Crippen molar-refractivity contribution in [2.75, 3.05) is 0 Å². The topological polar surface area (TPSA) is 0 Å². The van der Waals surface area contributed by atoms with E-state index >= 15 is 0 Å². The van der Waals surface area contributed by atoms with Gasteiger partial charge in [-0.05, 0) is 41.2 Å². The molecule has 2 atom stereocenters. The summed E-state index contributed by atoms with van der Waals surface area (Å²) < 4.78 is 1.38. The third-order valence-electron chi connectivity index (χ3n) is 3.11. The first-order valence-electron chi connectivity index (χ1n) is 5.81. The molecule has 1 heterocycles. The van der Waals surface area contributed by atoms with E-state index in [0.717, 1.165) is 12.8 Å². The summed E-state index contributed by atoms with van der Waals surface area (Å²) in [6.07, 6.45) is 2.14. The van der Waals surface area contributed by atoms with E-state index in [-0.39, 0.29) is 0 Å². The SMILES string of the molecule is CCC(Cl)C(C)Cc1csc2ccccc12. The minimum atomic E-state index is 0.290. The molecule has 0 amide bonds. The average Bonchev–Trinajstić information content (AvgIpc) is 2.72. The third-order valence-corrected chi connectivity index (χ3v) is 4.86. The van der Waals surface area contributed by atoms with Gasteiger partial charge in [0.1, 0.15) is 0 Å². The lowest BCUT2D eigenvalue weighted by atomic mass is 9.96. The van der Waals surface area contributed by atoms with Gasteiger partial charge in [-0.15, -0.1) is 22.9 Å². The normalized spacial score (nSPS) is 15.2. The van der Waals surface area contributed by atoms with Crippen LogP contribution in [-0.2, 0) is 6.42 Å². The van der Waals surface area contributed by atoms with E-state index in [9.17, 15) is 0 Å². The summed E-state index contributed by atoms with van der Waals surface area (Å²) in [5.74, 6) is 0.546. The van der Waals surface area contributed by atoms with Gasteiger partial charge in [-0.3, -0.25) is 0 Å². The molecule has 0 bridgehead atoms. The zero-order valence-electron chi connectivity index (χ0n) is 9.74. The maximum absolute atomic E-state index is 6.29. The molecule has 2 aromatic rings. The second-order valence-corrected chi connectivity index (χ2v) is 5.83. The maximum Gasteiger partial charge on any atom is 0.0362 e. The van der Waals surface area contributed by atoms with Crippen LogP contribution < -0.4 is 0 Å². The van der Waals surface area contributed by atoms with Crippen molar-refractivity contribution < 1.29 is 0 Å². The highest BCUT2D eigenvalue weighted by Crippen LogP contribution is 2.29. The Morgan fingerprint density at radius 2 is 2.06 bits per heavy atom. The highest BCUT2D eigenvalue weighted by atomic mass is 35.5. The molecule has 0 N–H and O–H groups in total. The van der Waals surface area contributed by atoms with Crippen LogP contribution >= 0.6 is 22.9 Å². The molecule has 2 heteroatoms. The second-order valence-electron chi connectivity index (χ2n) is 4.36. The molecule has 0 aliphatic heterocycles. The lowest BCUT2D eigenvalue weighted by Crippen LogP contribution is -2.12. The third kappa shape index (κ3) is 2.41. The van der Waals surface area contributed by atoms with Crippen molar-refractivity contribution in [2.45, 2.75) is 32.1 Å². The van der Waals surface area contributed by atoms with Gasteiger partial charge in [0, 0.05) is 10.1 Å². The molecule has 0 nitrogen and oxygen atoms in total. The Labute approximate surface area is 106 Å². The Bertz CT molecular complexity index is 460. The van der Waals surface area contributed by atoms with Gasteiger partial charge < -0.3 is 0 Å². The van der Waals surface area contributed by atoms with E-state index in [1.165, 1.54) is 15.6 Å². The number of hydrogen-bond donors (Lipinski definition) is 0. The zero-order valence-corrected chi connectivity index (χ0v) is 11.3. The zero-order chi connectivity index (χ0) is 11.5. The van der Waals surface area contributed by atoms with E-state index in [4.69, 9.17) is 11.6 Å². The van der Waals surface area contributed by atoms with Gasteiger partial charge in [-0.25, -0.2) is 0 Å². The monoisotopic (exact) mass is 252 g/mol. The van der Waals surface area contributed by atoms with Crippen LogP contribution in [0.1, 0.15) is 25.8 Å². The van der Waals surface area contributed by atoms with Crippen molar-refractivity contribution in [3.63, 3.8) is 0 Å². The molecule has 0 aliphatic rings. The first-order chi connectivity index (χ1) is 7.72. The number of thiophene rings is 1. The van der Waals surface area contributed by atoms with Crippen LogP contribution in [0.25, 0.3) is 10.1 Å². The fraction of sp³-hybridized carbons (Fsp3) is 0.429. The Morgan fingerprint density at radius 3 is 2.81 bits per heavy atom. The van der Waals surface area contributed by atoms with Crippen LogP contribution in [0.4, 0.5) is 0 Å². The largest absolute Gasteiger partial charge is 0.144 e. The molecule has 0 fully saturated rings. The van der Waals surface area contributed by atoms with Crippen LogP contribution in [0.2, 0.25) is 0 Å². The molecule has 86 valence electrons. The molecule has 0 radical (unpaired) electrons. The highest BCUT2D eigenvalue weighted by molar-refractivity contribution is 7.17. The summed E-state index contributed by atoms with van der Waals surface area (Å²) in [4.78, 5) is 0. The van der Waals surface area contributed by atoms with E-state index in [2.05, 4.69) is 43.5 Å². The molecular weight excluding hydrogens is 236 g/mol. The van der Waals surface area contributed by atoms with Crippen LogP contribution in [-0.4, -0.2) is 5.38 Å². The van der Waals surface area contributed by atoms with Crippen LogP contribution in [0.15, 0.2) is 29.6 Å². The van der Waals surface area contributed by atoms with E-state index in [1.807, 2.05) is 11.3 Å². The fourth-order valence-corrected chi connectivity index (χ4v) is 3.13. The van der Waals surface area contributed by atoms with Gasteiger partial charge in [-0.2, -0.15) is 0 Å². The smallest absolute Gasteiger partial charge is 0.0362 e. The minimum absolute atomic E-state index is 0.290. The van der Waals surface area contributed by atoms with Crippen molar-refractivity contribution in [1.82, 2.24) is 0 Å². The number of hydrogen-bond acceptors (Lipinski definition) is 1. The molecule has 0 saturated carbocycles. The molecule has 0 aliphatic carbocycles. The van der Waals surface area contributed by atoms with Gasteiger partial charge in [0.2, 0.25) is 0 Å². The van der Waals surface area contributed by atoms with E-state index in [0.29, 0.717) is 11.3 Å². The minimum Gasteiger partial charge on any atom is -0.144 e. The lowest BCUT2D eigenvalue weighted by molar-refractivity contribution is 0.533. The molecule has 0 spiro atoms. The number of halogens is 1. The van der Waals surface area contributed by atoms with Crippen molar-refractivity contribution in [3.8, 4) is 0 Å². The summed E-state index contributed by atoms with van der Waals surface area (Å²) in [6.45, 7) is 4.40. The summed E-state index contributed by atoms with van der Waals surface area (Å²) >= 11 is 8.12. The standard InChI is InChI=1S/C14H17ClS/c1-3-13(15)10(2)8-11-9-16-14-7-5-4-6-12(11)14/h4-7,9-10,13H,3,8H2,1-2H3. The van der Waals surface area contributed by atoms with Crippen LogP contribution in [0.3, 0.4) is 0 Å². The number of rotatable bonds is 4. The van der Waals surface area contributed by atoms with E-state index < -0.39 is 0 Å². The molecule has 1 aromatic carbocycles. The van der Waals surface area contributed by atoms with Crippen molar-refractivity contribution in [1.29, 1.82) is 0 Å². The lowest BCUT2D eigenvalue weighted by Gasteiger charge is -2.15. The summed E-state index contributed by atoms with van der Waals surface area (Å²) in [5.41, 5.74) is 1.45. The second kappa shape index (κ2) is 5.20. The fourth-order valence-electron chi connectivity index (χ4n) is 2.07. The molecule has 0 saturated heterocycles. The Hall–Kier alpha value is -0.530. The Kier molecular flexibility index (Phi) is 3.88. The van der Waals surface area contributed by atoms with Crippen molar-refractivity contribution in [3.05, 3.63) is 35.2 Å². The van der Waals surface area contributed by atoms with Gasteiger partial charge in [0.25, 0.3) is 0 Å². The molecule has 2 rings (SSSR count). The van der Waals surface area contributed by atoms with Crippen molar-refractivity contribution >= 4 is 33.0 Å². The highest BCUT2D eigenvalue weighted by Gasteiger charge is 2.14. The van der Waals surface area contributed by atoms with Gasteiger partial charge in [-0.1, -0.05) is 32.0 Å². The predicted molar refractivity (Wildman–Crippen MR) is 74.6 cm³/mol. The molecule has 16 heavy (non-hydrogen) atoms. The first-order valence-corrected chi connectivity index (χ1v) is 7.13. The number of alkyl halides is 1. The summed E-state index contributed by atoms with van der Waals surface area (Å²) in [7, 11) is 0. The Balaban J connectivity index is 2.21. The van der Waals surface area contributed by atoms with Gasteiger partial charge in [0.05, 0.1) is 0 Å². The quantitative estimate of drug-likeness (QED) is 0.665.